The van der Waals surface area contributed by atoms with Gasteiger partial charge in [-0.3, -0.25) is 4.79 Å². The van der Waals surface area contributed by atoms with Gasteiger partial charge in [0.25, 0.3) is 0 Å². The molecule has 0 saturated heterocycles. The van der Waals surface area contributed by atoms with Crippen molar-refractivity contribution in [3.8, 4) is 0 Å². The molecule has 2 aromatic carbocycles. The number of rotatable bonds is 4. The lowest BCUT2D eigenvalue weighted by atomic mass is 10.1. The maximum Gasteiger partial charge on any atom is 0.319 e. The maximum atomic E-state index is 12.0. The highest BCUT2D eigenvalue weighted by Gasteiger charge is 2.09. The van der Waals surface area contributed by atoms with Gasteiger partial charge >= 0.3 is 6.03 Å². The van der Waals surface area contributed by atoms with E-state index in [9.17, 15) is 9.59 Å². The number of hydrogen-bond acceptors (Lipinski definition) is 2. The number of amides is 3. The van der Waals surface area contributed by atoms with E-state index in [1.54, 1.807) is 24.3 Å². The van der Waals surface area contributed by atoms with E-state index in [-0.39, 0.29) is 18.0 Å². The second kappa shape index (κ2) is 7.26. The van der Waals surface area contributed by atoms with Gasteiger partial charge in [-0.25, -0.2) is 4.79 Å². The smallest absolute Gasteiger partial charge is 0.319 e. The van der Waals surface area contributed by atoms with E-state index < -0.39 is 0 Å². The number of hydrogen-bond donors (Lipinski definition) is 3. The van der Waals surface area contributed by atoms with Crippen LogP contribution in [0.25, 0.3) is 0 Å². The minimum Gasteiger partial charge on any atom is -0.331 e. The van der Waals surface area contributed by atoms with Gasteiger partial charge in [-0.15, -0.1) is 0 Å². The fraction of sp³-hybridized carbons (Fsp3) is 0.176. The molecule has 0 bridgehead atoms. The first kappa shape index (κ1) is 15.6. The van der Waals surface area contributed by atoms with Gasteiger partial charge in [0.1, 0.15) is 0 Å². The Bertz CT molecular complexity index is 656. The summed E-state index contributed by atoms with van der Waals surface area (Å²) in [7, 11) is 0. The van der Waals surface area contributed by atoms with E-state index >= 15 is 0 Å². The first-order valence-corrected chi connectivity index (χ1v) is 7.04. The van der Waals surface area contributed by atoms with Crippen LogP contribution < -0.4 is 16.0 Å². The largest absolute Gasteiger partial charge is 0.331 e. The SMILES string of the molecule is CC(=O)Nc1cccc(NC(=O)NC(C)c2ccccc2)c1. The third kappa shape index (κ3) is 4.63. The summed E-state index contributed by atoms with van der Waals surface area (Å²) in [6.07, 6.45) is 0. The van der Waals surface area contributed by atoms with Crippen LogP contribution in [0.15, 0.2) is 54.6 Å². The molecule has 114 valence electrons. The minimum atomic E-state index is -0.295. The van der Waals surface area contributed by atoms with Crippen LogP contribution in [0.1, 0.15) is 25.5 Å². The van der Waals surface area contributed by atoms with Gasteiger partial charge in [-0.1, -0.05) is 36.4 Å². The van der Waals surface area contributed by atoms with Crippen LogP contribution in [-0.2, 0) is 4.79 Å². The zero-order valence-electron chi connectivity index (χ0n) is 12.6. The molecule has 0 aliphatic carbocycles. The van der Waals surface area contributed by atoms with Crippen molar-refractivity contribution in [1.82, 2.24) is 5.32 Å². The van der Waals surface area contributed by atoms with E-state index in [0.717, 1.165) is 5.56 Å². The fourth-order valence-corrected chi connectivity index (χ4v) is 2.07. The monoisotopic (exact) mass is 297 g/mol. The molecule has 0 radical (unpaired) electrons. The molecule has 0 aliphatic rings. The second-order valence-electron chi connectivity index (χ2n) is 4.99. The minimum absolute atomic E-state index is 0.0975. The van der Waals surface area contributed by atoms with Gasteiger partial charge < -0.3 is 16.0 Å². The highest BCUT2D eigenvalue weighted by Crippen LogP contribution is 2.16. The molecule has 2 aromatic rings. The molecular formula is C17H19N3O2. The third-order valence-corrected chi connectivity index (χ3v) is 3.09. The lowest BCUT2D eigenvalue weighted by Gasteiger charge is -2.15. The highest BCUT2D eigenvalue weighted by molar-refractivity contribution is 5.92. The van der Waals surface area contributed by atoms with Gasteiger partial charge in [0.15, 0.2) is 0 Å². The summed E-state index contributed by atoms with van der Waals surface area (Å²) in [6, 6.07) is 16.3. The molecule has 1 atom stereocenters. The molecule has 5 heteroatoms. The zero-order valence-corrected chi connectivity index (χ0v) is 12.6. The van der Waals surface area contributed by atoms with Crippen LogP contribution in [0.2, 0.25) is 0 Å². The number of anilines is 2. The summed E-state index contributed by atoms with van der Waals surface area (Å²) in [4.78, 5) is 23.1. The summed E-state index contributed by atoms with van der Waals surface area (Å²) in [6.45, 7) is 3.36. The molecule has 0 fully saturated rings. The Kier molecular flexibility index (Phi) is 5.14. The van der Waals surface area contributed by atoms with E-state index in [1.165, 1.54) is 6.92 Å². The molecule has 0 saturated carbocycles. The molecule has 5 nitrogen and oxygen atoms in total. The van der Waals surface area contributed by atoms with Crippen molar-refractivity contribution in [1.29, 1.82) is 0 Å². The second-order valence-corrected chi connectivity index (χ2v) is 4.99. The van der Waals surface area contributed by atoms with E-state index in [4.69, 9.17) is 0 Å². The van der Waals surface area contributed by atoms with Crippen LogP contribution in [0.5, 0.6) is 0 Å². The predicted molar refractivity (Wildman–Crippen MR) is 87.8 cm³/mol. The molecule has 2 rings (SSSR count). The number of benzene rings is 2. The summed E-state index contributed by atoms with van der Waals surface area (Å²) in [5.74, 6) is -0.153. The summed E-state index contributed by atoms with van der Waals surface area (Å²) in [5, 5.41) is 8.30. The van der Waals surface area contributed by atoms with Crippen molar-refractivity contribution < 1.29 is 9.59 Å². The Hall–Kier alpha value is -2.82. The van der Waals surface area contributed by atoms with Crippen LogP contribution in [0, 0.1) is 0 Å². The number of carbonyl (C=O) groups excluding carboxylic acids is 2. The third-order valence-electron chi connectivity index (χ3n) is 3.09. The molecule has 0 spiro atoms. The average molecular weight is 297 g/mol. The van der Waals surface area contributed by atoms with Crippen LogP contribution >= 0.6 is 0 Å². The lowest BCUT2D eigenvalue weighted by Crippen LogP contribution is -2.31. The number of nitrogens with one attached hydrogen (secondary N) is 3. The van der Waals surface area contributed by atoms with Crippen molar-refractivity contribution in [2.75, 3.05) is 10.6 Å². The summed E-state index contributed by atoms with van der Waals surface area (Å²) in [5.41, 5.74) is 2.29. The number of carbonyl (C=O) groups is 2. The van der Waals surface area contributed by atoms with Crippen molar-refractivity contribution in [2.45, 2.75) is 19.9 Å². The molecule has 0 aromatic heterocycles. The van der Waals surface area contributed by atoms with Crippen LogP contribution in [0.3, 0.4) is 0 Å². The van der Waals surface area contributed by atoms with Gasteiger partial charge in [-0.05, 0) is 30.7 Å². The molecule has 0 heterocycles. The Morgan fingerprint density at radius 3 is 2.18 bits per heavy atom. The molecular weight excluding hydrogens is 278 g/mol. The molecule has 3 N–H and O–H groups in total. The standard InChI is InChI=1S/C17H19N3O2/c1-12(14-7-4-3-5-8-14)18-17(22)20-16-10-6-9-15(11-16)19-13(2)21/h3-12H,1-2H3,(H,19,21)(H2,18,20,22). The van der Waals surface area contributed by atoms with Crippen molar-refractivity contribution in [3.05, 3.63) is 60.2 Å². The van der Waals surface area contributed by atoms with Gasteiger partial charge in [0.2, 0.25) is 5.91 Å². The van der Waals surface area contributed by atoms with Crippen molar-refractivity contribution in [3.63, 3.8) is 0 Å². The van der Waals surface area contributed by atoms with Crippen molar-refractivity contribution in [2.24, 2.45) is 0 Å². The van der Waals surface area contributed by atoms with E-state index in [1.807, 2.05) is 37.3 Å². The van der Waals surface area contributed by atoms with Gasteiger partial charge in [-0.2, -0.15) is 0 Å². The first-order valence-electron chi connectivity index (χ1n) is 7.04. The topological polar surface area (TPSA) is 70.2 Å². The maximum absolute atomic E-state index is 12.0. The van der Waals surface area contributed by atoms with Crippen LogP contribution in [0.4, 0.5) is 16.2 Å². The Balaban J connectivity index is 1.96. The molecule has 22 heavy (non-hydrogen) atoms. The van der Waals surface area contributed by atoms with E-state index in [2.05, 4.69) is 16.0 Å². The quantitative estimate of drug-likeness (QED) is 0.808. The van der Waals surface area contributed by atoms with Gasteiger partial charge in [0.05, 0.1) is 6.04 Å². The predicted octanol–water partition coefficient (Wildman–Crippen LogP) is 3.53. The molecule has 3 amide bonds. The summed E-state index contributed by atoms with van der Waals surface area (Å²) >= 11 is 0. The zero-order chi connectivity index (χ0) is 15.9. The van der Waals surface area contributed by atoms with Crippen LogP contribution in [-0.4, -0.2) is 11.9 Å². The molecule has 1 unspecified atom stereocenters. The van der Waals surface area contributed by atoms with Gasteiger partial charge in [0, 0.05) is 18.3 Å². The normalized spacial score (nSPS) is 11.4. The number of urea groups is 1. The lowest BCUT2D eigenvalue weighted by molar-refractivity contribution is -0.114. The summed E-state index contributed by atoms with van der Waals surface area (Å²) < 4.78 is 0. The Labute approximate surface area is 129 Å². The highest BCUT2D eigenvalue weighted by atomic mass is 16.2. The van der Waals surface area contributed by atoms with Crippen molar-refractivity contribution >= 4 is 23.3 Å². The molecule has 0 aliphatic heterocycles. The fourth-order valence-electron chi connectivity index (χ4n) is 2.07. The average Bonchev–Trinajstić information content (AvgIpc) is 2.47. The Morgan fingerprint density at radius 1 is 0.909 bits per heavy atom. The first-order chi connectivity index (χ1) is 10.5. The Morgan fingerprint density at radius 2 is 1.55 bits per heavy atom. The van der Waals surface area contributed by atoms with E-state index in [0.29, 0.717) is 11.4 Å².